The molecule has 0 spiro atoms. The van der Waals surface area contributed by atoms with Gasteiger partial charge in [0.25, 0.3) is 0 Å². The van der Waals surface area contributed by atoms with Crippen molar-refractivity contribution in [2.24, 2.45) is 17.6 Å². The Morgan fingerprint density at radius 1 is 1.30 bits per heavy atom. The van der Waals surface area contributed by atoms with Crippen molar-refractivity contribution in [1.82, 2.24) is 4.31 Å². The largest absolute Gasteiger partial charge is 0.327 e. The number of halogens is 1. The second kappa shape index (κ2) is 6.89. The third kappa shape index (κ3) is 3.31. The molecule has 2 aliphatic rings. The molecule has 7 heteroatoms. The van der Waals surface area contributed by atoms with Gasteiger partial charge in [-0.3, -0.25) is 4.79 Å². The first-order valence-electron chi connectivity index (χ1n) is 7.82. The van der Waals surface area contributed by atoms with Crippen LogP contribution in [0.25, 0.3) is 0 Å². The van der Waals surface area contributed by atoms with E-state index in [1.165, 1.54) is 10.4 Å². The van der Waals surface area contributed by atoms with E-state index in [-0.39, 0.29) is 35.0 Å². The maximum Gasteiger partial charge on any atom is 0.243 e. The molecule has 128 valence electrons. The Labute approximate surface area is 143 Å². The zero-order valence-electron chi connectivity index (χ0n) is 13.1. The summed E-state index contributed by atoms with van der Waals surface area (Å²) in [5.74, 6) is 0.609. The van der Waals surface area contributed by atoms with Crippen molar-refractivity contribution in [1.29, 1.82) is 0 Å². The minimum absolute atomic E-state index is 0. The fraction of sp³-hybridized carbons (Fsp3) is 0.562. The number of hydrogen-bond acceptors (Lipinski definition) is 4. The minimum atomic E-state index is -3.54. The lowest BCUT2D eigenvalue weighted by Gasteiger charge is -2.19. The highest BCUT2D eigenvalue weighted by molar-refractivity contribution is 7.89. The number of carbonyl (C=O) groups is 1. The van der Waals surface area contributed by atoms with Gasteiger partial charge in [0.05, 0.1) is 4.90 Å². The smallest absolute Gasteiger partial charge is 0.243 e. The third-order valence-electron chi connectivity index (χ3n) is 4.99. The van der Waals surface area contributed by atoms with Gasteiger partial charge in [-0.2, -0.15) is 4.31 Å². The number of rotatable bonds is 4. The molecule has 0 bridgehead atoms. The molecule has 3 atom stereocenters. The predicted molar refractivity (Wildman–Crippen MR) is 91.3 cm³/mol. The zero-order chi connectivity index (χ0) is 15.9. The van der Waals surface area contributed by atoms with Crippen LogP contribution in [0.5, 0.6) is 0 Å². The van der Waals surface area contributed by atoms with Crippen molar-refractivity contribution >= 4 is 28.2 Å². The van der Waals surface area contributed by atoms with E-state index in [4.69, 9.17) is 5.73 Å². The fourth-order valence-corrected chi connectivity index (χ4v) is 5.23. The van der Waals surface area contributed by atoms with E-state index < -0.39 is 10.0 Å². The summed E-state index contributed by atoms with van der Waals surface area (Å²) in [6, 6.07) is 6.47. The molecule has 1 saturated carbocycles. The van der Waals surface area contributed by atoms with Gasteiger partial charge in [0.15, 0.2) is 5.78 Å². The van der Waals surface area contributed by atoms with Crippen molar-refractivity contribution < 1.29 is 13.2 Å². The molecule has 1 aromatic carbocycles. The number of Topliss-reactive ketones (excluding diaryl/α,β-unsaturated/α-hetero) is 1. The highest BCUT2D eigenvalue weighted by atomic mass is 35.5. The van der Waals surface area contributed by atoms with Crippen LogP contribution in [-0.2, 0) is 10.0 Å². The molecule has 1 aliphatic heterocycles. The van der Waals surface area contributed by atoms with Gasteiger partial charge in [0.1, 0.15) is 0 Å². The quantitative estimate of drug-likeness (QED) is 0.835. The molecule has 0 aromatic heterocycles. The molecule has 2 N–H and O–H groups in total. The van der Waals surface area contributed by atoms with E-state index >= 15 is 0 Å². The van der Waals surface area contributed by atoms with Crippen LogP contribution in [-0.4, -0.2) is 37.6 Å². The van der Waals surface area contributed by atoms with Gasteiger partial charge in [-0.15, -0.1) is 12.4 Å². The molecule has 3 unspecified atom stereocenters. The van der Waals surface area contributed by atoms with Crippen LogP contribution in [0.4, 0.5) is 0 Å². The monoisotopic (exact) mass is 358 g/mol. The van der Waals surface area contributed by atoms with Crippen LogP contribution in [0.3, 0.4) is 0 Å². The van der Waals surface area contributed by atoms with Crippen LogP contribution in [0.1, 0.15) is 36.5 Å². The minimum Gasteiger partial charge on any atom is -0.327 e. The second-order valence-corrected chi connectivity index (χ2v) is 8.23. The molecule has 1 aromatic rings. The first-order chi connectivity index (χ1) is 10.4. The van der Waals surface area contributed by atoms with Crippen molar-refractivity contribution in [3.8, 4) is 0 Å². The fourth-order valence-electron chi connectivity index (χ4n) is 3.65. The normalized spacial score (nSPS) is 27.5. The Bertz CT molecular complexity index is 692. The molecule has 2 fully saturated rings. The molecular weight excluding hydrogens is 336 g/mol. The number of benzene rings is 1. The number of nitrogens with zero attached hydrogens (tertiary/aromatic N) is 1. The summed E-state index contributed by atoms with van der Waals surface area (Å²) >= 11 is 0. The molecule has 23 heavy (non-hydrogen) atoms. The zero-order valence-corrected chi connectivity index (χ0v) is 14.8. The summed E-state index contributed by atoms with van der Waals surface area (Å²) in [5.41, 5.74) is 6.54. The standard InChI is InChI=1S/C16H22N2O3S.ClH/c1-2-16(19)11-4-3-5-13(8-11)22(20,21)18-9-12-6-7-15(17)14(12)10-18;/h3-5,8,12,14-15H,2,6-7,9-10,17H2,1H3;1H. The van der Waals surface area contributed by atoms with Crippen LogP contribution in [0, 0.1) is 11.8 Å². The molecule has 0 radical (unpaired) electrons. The van der Waals surface area contributed by atoms with Gasteiger partial charge >= 0.3 is 0 Å². The maximum absolute atomic E-state index is 12.8. The number of carbonyl (C=O) groups excluding carboxylic acids is 1. The second-order valence-electron chi connectivity index (χ2n) is 6.29. The number of hydrogen-bond donors (Lipinski definition) is 1. The molecular formula is C16H23ClN2O3S. The Balaban J connectivity index is 0.00000192. The number of fused-ring (bicyclic) bond motifs is 1. The molecule has 5 nitrogen and oxygen atoms in total. The number of ketones is 1. The van der Waals surface area contributed by atoms with Gasteiger partial charge < -0.3 is 5.73 Å². The Morgan fingerprint density at radius 3 is 2.70 bits per heavy atom. The Kier molecular flexibility index (Phi) is 5.51. The van der Waals surface area contributed by atoms with E-state index in [0.717, 1.165) is 12.8 Å². The first-order valence-corrected chi connectivity index (χ1v) is 9.26. The van der Waals surface area contributed by atoms with Gasteiger partial charge in [0, 0.05) is 31.1 Å². The van der Waals surface area contributed by atoms with Crippen molar-refractivity contribution in [2.45, 2.75) is 37.1 Å². The Morgan fingerprint density at radius 2 is 2.04 bits per heavy atom. The van der Waals surface area contributed by atoms with E-state index in [1.54, 1.807) is 25.1 Å². The van der Waals surface area contributed by atoms with Gasteiger partial charge in [-0.25, -0.2) is 8.42 Å². The van der Waals surface area contributed by atoms with Gasteiger partial charge in [0.2, 0.25) is 10.0 Å². The van der Waals surface area contributed by atoms with Gasteiger partial charge in [-0.05, 0) is 36.8 Å². The van der Waals surface area contributed by atoms with E-state index in [2.05, 4.69) is 0 Å². The molecule has 1 saturated heterocycles. The summed E-state index contributed by atoms with van der Waals surface area (Å²) in [6.45, 7) is 2.82. The highest BCUT2D eigenvalue weighted by Gasteiger charge is 2.45. The molecule has 1 aliphatic carbocycles. The Hall–Kier alpha value is -0.950. The summed E-state index contributed by atoms with van der Waals surface area (Å²) in [7, 11) is -3.54. The molecule has 0 amide bonds. The third-order valence-corrected chi connectivity index (χ3v) is 6.82. The van der Waals surface area contributed by atoms with Crippen molar-refractivity contribution in [2.75, 3.05) is 13.1 Å². The first kappa shape index (κ1) is 18.4. The summed E-state index contributed by atoms with van der Waals surface area (Å²) in [4.78, 5) is 12.0. The van der Waals surface area contributed by atoms with Crippen LogP contribution in [0.15, 0.2) is 29.2 Å². The number of nitrogens with two attached hydrogens (primary N) is 1. The lowest BCUT2D eigenvalue weighted by molar-refractivity contribution is 0.0988. The van der Waals surface area contributed by atoms with Crippen LogP contribution >= 0.6 is 12.4 Å². The molecule has 3 rings (SSSR count). The lowest BCUT2D eigenvalue weighted by Crippen LogP contribution is -2.33. The van der Waals surface area contributed by atoms with Crippen molar-refractivity contribution in [3.63, 3.8) is 0 Å². The SMILES string of the molecule is CCC(=O)c1cccc(S(=O)(=O)N2CC3CCC(N)C3C2)c1.Cl. The van der Waals surface area contributed by atoms with E-state index in [0.29, 0.717) is 31.0 Å². The summed E-state index contributed by atoms with van der Waals surface area (Å²) in [5, 5.41) is 0. The molecule has 1 heterocycles. The summed E-state index contributed by atoms with van der Waals surface area (Å²) in [6.07, 6.45) is 2.36. The van der Waals surface area contributed by atoms with E-state index in [1.807, 2.05) is 0 Å². The maximum atomic E-state index is 12.8. The van der Waals surface area contributed by atoms with Crippen molar-refractivity contribution in [3.05, 3.63) is 29.8 Å². The average molecular weight is 359 g/mol. The average Bonchev–Trinajstić information content (AvgIpc) is 3.09. The number of sulfonamides is 1. The topological polar surface area (TPSA) is 80.5 Å². The predicted octanol–water partition coefficient (Wildman–Crippen LogP) is 2.06. The van der Waals surface area contributed by atoms with Gasteiger partial charge in [-0.1, -0.05) is 19.1 Å². The van der Waals surface area contributed by atoms with Crippen LogP contribution in [0.2, 0.25) is 0 Å². The highest BCUT2D eigenvalue weighted by Crippen LogP contribution is 2.39. The van der Waals surface area contributed by atoms with Crippen LogP contribution < -0.4 is 5.73 Å². The summed E-state index contributed by atoms with van der Waals surface area (Å²) < 4.78 is 27.2. The lowest BCUT2D eigenvalue weighted by atomic mass is 9.98. The van der Waals surface area contributed by atoms with E-state index in [9.17, 15) is 13.2 Å².